The molecule has 1 aliphatic rings. The van der Waals surface area contributed by atoms with Crippen LogP contribution in [0, 0.1) is 22.9 Å². The SMILES string of the molecule is C.C.C.CS(=O)(=NC#N)C1(c2ccc(Cl)nc2)CCOCC1.CS(=O)(Cc1ccc(Cl)nc1)=NC#N.[2HH]. The van der Waals surface area contributed by atoms with Gasteiger partial charge in [-0.2, -0.15) is 10.5 Å². The summed E-state index contributed by atoms with van der Waals surface area (Å²) in [6, 6.07) is 6.79. The molecule has 2 unspecified atom stereocenters. The zero-order valence-corrected chi connectivity index (χ0v) is 21.1. The second kappa shape index (κ2) is 15.7. The van der Waals surface area contributed by atoms with Crippen LogP contribution in [-0.4, -0.2) is 44.1 Å². The molecular formula is C23H36Cl2N6O3S2. The summed E-state index contributed by atoms with van der Waals surface area (Å²) in [6.07, 6.45) is 10.4. The van der Waals surface area contributed by atoms with Crippen LogP contribution in [0.2, 0.25) is 10.3 Å². The highest BCUT2D eigenvalue weighted by molar-refractivity contribution is 7.94. The number of rotatable bonds is 4. The number of nitriles is 2. The summed E-state index contributed by atoms with van der Waals surface area (Å²) >= 11 is 11.4. The first kappa shape index (κ1) is 35.9. The van der Waals surface area contributed by atoms with E-state index in [0.717, 1.165) is 11.1 Å². The Bertz CT molecular complexity index is 1290. The Kier molecular flexibility index (Phi) is 15.7. The van der Waals surface area contributed by atoms with Crippen molar-refractivity contribution in [3.63, 3.8) is 0 Å². The fourth-order valence-corrected chi connectivity index (χ4v) is 6.38. The number of hydrogen-bond donors (Lipinski definition) is 0. The molecule has 1 fully saturated rings. The molecule has 2 aromatic rings. The van der Waals surface area contributed by atoms with Gasteiger partial charge in [0.25, 0.3) is 0 Å². The molecule has 1 aliphatic heterocycles. The van der Waals surface area contributed by atoms with Gasteiger partial charge in [-0.3, -0.25) is 0 Å². The highest BCUT2D eigenvalue weighted by Gasteiger charge is 2.42. The summed E-state index contributed by atoms with van der Waals surface area (Å²) in [6.45, 7) is 0.989. The van der Waals surface area contributed by atoms with Crippen molar-refractivity contribution in [2.75, 3.05) is 25.7 Å². The number of aromatic nitrogens is 2. The molecule has 202 valence electrons. The zero-order chi connectivity index (χ0) is 24.5. The highest BCUT2D eigenvalue weighted by Crippen LogP contribution is 2.40. The van der Waals surface area contributed by atoms with Crippen LogP contribution in [-0.2, 0) is 34.7 Å². The van der Waals surface area contributed by atoms with Crippen molar-refractivity contribution in [1.29, 1.82) is 10.5 Å². The third kappa shape index (κ3) is 9.64. The molecule has 0 saturated carbocycles. The fourth-order valence-electron chi connectivity index (χ4n) is 3.32. The van der Waals surface area contributed by atoms with E-state index < -0.39 is 24.2 Å². The van der Waals surface area contributed by atoms with Gasteiger partial charge in [0.05, 0.1) is 30.0 Å². The Labute approximate surface area is 227 Å². The topological polar surface area (TPSA) is 141 Å². The molecule has 0 radical (unpaired) electrons. The first-order valence-electron chi connectivity index (χ1n) is 9.53. The zero-order valence-electron chi connectivity index (χ0n) is 18.0. The lowest BCUT2D eigenvalue weighted by atomic mass is 9.92. The van der Waals surface area contributed by atoms with Crippen LogP contribution in [0.5, 0.6) is 0 Å². The van der Waals surface area contributed by atoms with Crippen molar-refractivity contribution >= 4 is 42.7 Å². The molecule has 0 N–H and O–H groups in total. The van der Waals surface area contributed by atoms with E-state index in [1.54, 1.807) is 42.8 Å². The molecule has 0 aliphatic carbocycles. The molecule has 3 heterocycles. The second-order valence-corrected chi connectivity index (χ2v) is 13.0. The van der Waals surface area contributed by atoms with Crippen LogP contribution < -0.4 is 0 Å². The molecule has 0 amide bonds. The van der Waals surface area contributed by atoms with Crippen molar-refractivity contribution in [2.24, 2.45) is 8.73 Å². The normalized spacial score (nSPS) is 16.6. The van der Waals surface area contributed by atoms with Crippen LogP contribution >= 0.6 is 23.2 Å². The van der Waals surface area contributed by atoms with Crippen LogP contribution in [0.25, 0.3) is 0 Å². The van der Waals surface area contributed by atoms with E-state index in [2.05, 4.69) is 18.7 Å². The summed E-state index contributed by atoms with van der Waals surface area (Å²) in [5, 5.41) is 17.8. The molecule has 1 saturated heterocycles. The minimum Gasteiger partial charge on any atom is -0.381 e. The first-order chi connectivity index (χ1) is 15.5. The van der Waals surface area contributed by atoms with Crippen LogP contribution in [0.15, 0.2) is 45.4 Å². The summed E-state index contributed by atoms with van der Waals surface area (Å²) < 4.78 is 36.1. The number of pyridine rings is 2. The van der Waals surface area contributed by atoms with Gasteiger partial charge in [0.15, 0.2) is 0 Å². The molecular weight excluding hydrogens is 543 g/mol. The first-order valence-corrected chi connectivity index (χ1v) is 14.3. The maximum absolute atomic E-state index is 12.8. The monoisotopic (exact) mass is 579 g/mol. The summed E-state index contributed by atoms with van der Waals surface area (Å²) in [5.74, 6) is 0.213. The minimum absolute atomic E-state index is 0. The van der Waals surface area contributed by atoms with Crippen molar-refractivity contribution in [2.45, 2.75) is 45.6 Å². The predicted molar refractivity (Wildman–Crippen MR) is 150 cm³/mol. The number of ether oxygens (including phenoxy) is 1. The lowest BCUT2D eigenvalue weighted by molar-refractivity contribution is 0.0751. The minimum atomic E-state index is -2.71. The molecule has 9 nitrogen and oxygen atoms in total. The summed E-state index contributed by atoms with van der Waals surface area (Å²) in [4.78, 5) is 7.89. The largest absolute Gasteiger partial charge is 0.381 e. The van der Waals surface area contributed by atoms with Gasteiger partial charge in [0.2, 0.25) is 12.4 Å². The van der Waals surface area contributed by atoms with Crippen molar-refractivity contribution in [3.05, 3.63) is 58.1 Å². The van der Waals surface area contributed by atoms with E-state index in [1.807, 2.05) is 0 Å². The van der Waals surface area contributed by atoms with Crippen molar-refractivity contribution in [1.82, 2.24) is 9.97 Å². The van der Waals surface area contributed by atoms with Crippen molar-refractivity contribution < 1.29 is 14.6 Å². The molecule has 0 spiro atoms. The van der Waals surface area contributed by atoms with E-state index in [0.29, 0.717) is 36.4 Å². The average Bonchev–Trinajstić information content (AvgIpc) is 2.76. The smallest absolute Gasteiger partial charge is 0.214 e. The number of nitrogens with zero attached hydrogens (tertiary/aromatic N) is 6. The Balaban J connectivity index is -0.000000585. The standard InChI is InChI=1S/C12H14ClN3O2S.C8H8ClN3OS.3CH4.H2/c1-19(17,16-9-14)12(4-6-18-7-5-12)10-2-3-11(13)15-8-10;1-14(13,12-6-10)5-7-2-3-8(9)11-4-7;;;;/h2-3,8H,4-7H2,1H3;2-4H,5H2,1H3;3*1H4;1H/i;;;;;1+1. The summed E-state index contributed by atoms with van der Waals surface area (Å²) in [5.41, 5.74) is 1.55. The second-order valence-electron chi connectivity index (χ2n) is 7.25. The quantitative estimate of drug-likeness (QED) is 0.306. The number of hydrogen-bond acceptors (Lipinski definition) is 9. The third-order valence-corrected chi connectivity index (χ3v) is 9.26. The van der Waals surface area contributed by atoms with E-state index in [9.17, 15) is 8.42 Å². The molecule has 0 aromatic carbocycles. The highest BCUT2D eigenvalue weighted by atomic mass is 35.5. The molecule has 13 heteroatoms. The Hall–Kier alpha value is -2.28. The predicted octanol–water partition coefficient (Wildman–Crippen LogP) is 6.29. The van der Waals surface area contributed by atoms with Gasteiger partial charge in [-0.05, 0) is 36.1 Å². The van der Waals surface area contributed by atoms with Crippen molar-refractivity contribution in [3.8, 4) is 12.4 Å². The van der Waals surface area contributed by atoms with Gasteiger partial charge in [0.1, 0.15) is 10.3 Å². The maximum atomic E-state index is 12.8. The van der Waals surface area contributed by atoms with E-state index in [-0.39, 0.29) is 29.5 Å². The fraction of sp³-hybridized carbons (Fsp3) is 0.478. The van der Waals surface area contributed by atoms with E-state index in [1.165, 1.54) is 18.7 Å². The van der Waals surface area contributed by atoms with Gasteiger partial charge < -0.3 is 4.74 Å². The van der Waals surface area contributed by atoms with Crippen LogP contribution in [0.1, 0.15) is 47.7 Å². The maximum Gasteiger partial charge on any atom is 0.214 e. The van der Waals surface area contributed by atoms with Gasteiger partial charge in [-0.15, -0.1) is 8.73 Å². The van der Waals surface area contributed by atoms with Crippen LogP contribution in [0.4, 0.5) is 0 Å². The molecule has 2 aromatic heterocycles. The Morgan fingerprint density at radius 3 is 1.94 bits per heavy atom. The van der Waals surface area contributed by atoms with Gasteiger partial charge >= 0.3 is 0 Å². The van der Waals surface area contributed by atoms with E-state index in [4.69, 9.17) is 38.5 Å². The lowest BCUT2D eigenvalue weighted by Gasteiger charge is -2.37. The molecule has 3 rings (SSSR count). The van der Waals surface area contributed by atoms with Gasteiger partial charge in [-0.1, -0.05) is 57.6 Å². The van der Waals surface area contributed by atoms with E-state index >= 15 is 0 Å². The van der Waals surface area contributed by atoms with Gasteiger partial charge in [0, 0.05) is 39.5 Å². The Morgan fingerprint density at radius 2 is 1.50 bits per heavy atom. The van der Waals surface area contributed by atoms with Crippen LogP contribution in [0.3, 0.4) is 0 Å². The number of halogens is 2. The Morgan fingerprint density at radius 1 is 0.972 bits per heavy atom. The molecule has 36 heavy (non-hydrogen) atoms. The average molecular weight is 581 g/mol. The molecule has 2 atom stereocenters. The summed E-state index contributed by atoms with van der Waals surface area (Å²) in [7, 11) is -5.18. The lowest BCUT2D eigenvalue weighted by Crippen LogP contribution is -2.40. The third-order valence-electron chi connectivity index (χ3n) is 4.95. The molecule has 0 bridgehead atoms. The van der Waals surface area contributed by atoms with Gasteiger partial charge in [-0.25, -0.2) is 18.4 Å².